The molecule has 2 nitrogen and oxygen atoms in total. The van der Waals surface area contributed by atoms with E-state index < -0.39 is 0 Å². The van der Waals surface area contributed by atoms with Gasteiger partial charge in [0.2, 0.25) is 0 Å². The van der Waals surface area contributed by atoms with E-state index >= 15 is 0 Å². The summed E-state index contributed by atoms with van der Waals surface area (Å²) in [5, 5.41) is 8.78. The second-order valence-electron chi connectivity index (χ2n) is 5.20. The standard InChI is InChI=1S/C17H26N2/c1-2-3-4-5-6-7-8-9-10-12-16-13-11-14-17(15-18)19-16/h11,13-14H,2-10,12H2,1H3. The molecule has 0 unspecified atom stereocenters. The molecule has 19 heavy (non-hydrogen) atoms. The summed E-state index contributed by atoms with van der Waals surface area (Å²) in [5.74, 6) is 0. The minimum absolute atomic E-state index is 0.536. The Morgan fingerprint density at radius 2 is 1.58 bits per heavy atom. The van der Waals surface area contributed by atoms with Crippen LogP contribution in [0.25, 0.3) is 0 Å². The molecule has 0 aliphatic carbocycles. The van der Waals surface area contributed by atoms with Crippen LogP contribution in [0.5, 0.6) is 0 Å². The van der Waals surface area contributed by atoms with E-state index in [0.717, 1.165) is 12.1 Å². The first-order chi connectivity index (χ1) is 9.36. The van der Waals surface area contributed by atoms with Crippen LogP contribution < -0.4 is 0 Å². The van der Waals surface area contributed by atoms with Crippen molar-refractivity contribution in [1.29, 1.82) is 5.26 Å². The lowest BCUT2D eigenvalue weighted by molar-refractivity contribution is 0.563. The van der Waals surface area contributed by atoms with Crippen molar-refractivity contribution in [2.24, 2.45) is 0 Å². The summed E-state index contributed by atoms with van der Waals surface area (Å²) in [6.45, 7) is 2.26. The fourth-order valence-electron chi connectivity index (χ4n) is 2.30. The van der Waals surface area contributed by atoms with E-state index in [2.05, 4.69) is 18.0 Å². The van der Waals surface area contributed by atoms with Gasteiger partial charge in [0.25, 0.3) is 0 Å². The number of unbranched alkanes of at least 4 members (excludes halogenated alkanes) is 8. The van der Waals surface area contributed by atoms with Gasteiger partial charge in [-0.3, -0.25) is 0 Å². The number of rotatable bonds is 10. The molecule has 1 aromatic rings. The number of aromatic nitrogens is 1. The molecule has 1 rings (SSSR count). The van der Waals surface area contributed by atoms with Crippen LogP contribution in [-0.4, -0.2) is 4.98 Å². The Kier molecular flexibility index (Phi) is 8.72. The van der Waals surface area contributed by atoms with E-state index in [9.17, 15) is 0 Å². The van der Waals surface area contributed by atoms with Crippen molar-refractivity contribution in [3.05, 3.63) is 29.6 Å². The SMILES string of the molecule is CCCCCCCCCCCc1cccc(C#N)n1. The molecule has 0 atom stereocenters. The highest BCUT2D eigenvalue weighted by atomic mass is 14.7. The van der Waals surface area contributed by atoms with Gasteiger partial charge in [-0.1, -0.05) is 64.4 Å². The van der Waals surface area contributed by atoms with Crippen molar-refractivity contribution < 1.29 is 0 Å². The molecule has 1 aromatic heterocycles. The summed E-state index contributed by atoms with van der Waals surface area (Å²) in [5.41, 5.74) is 1.59. The molecule has 2 heteroatoms. The number of hydrogen-bond acceptors (Lipinski definition) is 2. The predicted octanol–water partition coefficient (Wildman–Crippen LogP) is 5.03. The Morgan fingerprint density at radius 3 is 2.21 bits per heavy atom. The summed E-state index contributed by atoms with van der Waals surface area (Å²) in [6, 6.07) is 7.80. The lowest BCUT2D eigenvalue weighted by atomic mass is 10.1. The summed E-state index contributed by atoms with van der Waals surface area (Å²) in [7, 11) is 0. The Labute approximate surface area is 117 Å². The van der Waals surface area contributed by atoms with Gasteiger partial charge in [-0.15, -0.1) is 0 Å². The lowest BCUT2D eigenvalue weighted by Gasteiger charge is -2.02. The van der Waals surface area contributed by atoms with Gasteiger partial charge in [0.1, 0.15) is 11.8 Å². The average Bonchev–Trinajstić information content (AvgIpc) is 2.46. The number of aryl methyl sites for hydroxylation is 1. The van der Waals surface area contributed by atoms with E-state index in [1.807, 2.05) is 12.1 Å². The van der Waals surface area contributed by atoms with Crippen molar-refractivity contribution >= 4 is 0 Å². The van der Waals surface area contributed by atoms with Crippen LogP contribution in [0.15, 0.2) is 18.2 Å². The highest BCUT2D eigenvalue weighted by molar-refractivity contribution is 5.22. The van der Waals surface area contributed by atoms with E-state index in [1.54, 1.807) is 6.07 Å². The van der Waals surface area contributed by atoms with Crippen molar-refractivity contribution in [3.63, 3.8) is 0 Å². The van der Waals surface area contributed by atoms with Crippen molar-refractivity contribution in [3.8, 4) is 6.07 Å². The maximum Gasteiger partial charge on any atom is 0.140 e. The normalized spacial score (nSPS) is 10.3. The highest BCUT2D eigenvalue weighted by Gasteiger charge is 1.97. The van der Waals surface area contributed by atoms with Crippen molar-refractivity contribution in [2.45, 2.75) is 71.1 Å². The first-order valence-electron chi connectivity index (χ1n) is 7.73. The largest absolute Gasteiger partial charge is 0.242 e. The number of nitrogens with zero attached hydrogens (tertiary/aromatic N) is 2. The third kappa shape index (κ3) is 7.62. The highest BCUT2D eigenvalue weighted by Crippen LogP contribution is 2.11. The fourth-order valence-corrected chi connectivity index (χ4v) is 2.30. The van der Waals surface area contributed by atoms with Crippen LogP contribution in [-0.2, 0) is 6.42 Å². The maximum absolute atomic E-state index is 8.78. The minimum atomic E-state index is 0.536. The van der Waals surface area contributed by atoms with Crippen molar-refractivity contribution in [1.82, 2.24) is 4.98 Å². The number of pyridine rings is 1. The third-order valence-corrected chi connectivity index (χ3v) is 3.46. The molecule has 0 aliphatic rings. The van der Waals surface area contributed by atoms with E-state index in [0.29, 0.717) is 5.69 Å². The Hall–Kier alpha value is -1.36. The molecule has 1 heterocycles. The molecule has 0 aliphatic heterocycles. The van der Waals surface area contributed by atoms with Gasteiger partial charge in [0, 0.05) is 5.69 Å². The first kappa shape index (κ1) is 15.7. The zero-order valence-corrected chi connectivity index (χ0v) is 12.2. The van der Waals surface area contributed by atoms with Crippen LogP contribution in [0.4, 0.5) is 0 Å². The quantitative estimate of drug-likeness (QED) is 0.552. The molecule has 0 saturated carbocycles. The summed E-state index contributed by atoms with van der Waals surface area (Å²) >= 11 is 0. The summed E-state index contributed by atoms with van der Waals surface area (Å²) < 4.78 is 0. The van der Waals surface area contributed by atoms with Crippen LogP contribution in [0.2, 0.25) is 0 Å². The summed E-state index contributed by atoms with van der Waals surface area (Å²) in [6.07, 6.45) is 13.1. The zero-order valence-electron chi connectivity index (χ0n) is 12.2. The van der Waals surface area contributed by atoms with Gasteiger partial charge in [-0.05, 0) is 25.0 Å². The van der Waals surface area contributed by atoms with Gasteiger partial charge in [0.05, 0.1) is 0 Å². The van der Waals surface area contributed by atoms with Crippen LogP contribution in [0, 0.1) is 11.3 Å². The smallest absolute Gasteiger partial charge is 0.140 e. The Balaban J connectivity index is 2.00. The monoisotopic (exact) mass is 258 g/mol. The van der Waals surface area contributed by atoms with E-state index in [-0.39, 0.29) is 0 Å². The van der Waals surface area contributed by atoms with Crippen LogP contribution in [0.1, 0.15) is 76.1 Å². The summed E-state index contributed by atoms with van der Waals surface area (Å²) in [4.78, 5) is 4.30. The lowest BCUT2D eigenvalue weighted by Crippen LogP contribution is -1.92. The van der Waals surface area contributed by atoms with Crippen LogP contribution >= 0.6 is 0 Å². The molecule has 0 bridgehead atoms. The molecular formula is C17H26N2. The number of nitriles is 1. The predicted molar refractivity (Wildman–Crippen MR) is 79.9 cm³/mol. The van der Waals surface area contributed by atoms with Gasteiger partial charge in [0.15, 0.2) is 0 Å². The van der Waals surface area contributed by atoms with E-state index in [1.165, 1.54) is 57.8 Å². The topological polar surface area (TPSA) is 36.7 Å². The van der Waals surface area contributed by atoms with E-state index in [4.69, 9.17) is 5.26 Å². The molecule has 0 radical (unpaired) electrons. The minimum Gasteiger partial charge on any atom is -0.242 e. The van der Waals surface area contributed by atoms with Gasteiger partial charge < -0.3 is 0 Å². The molecule has 0 fully saturated rings. The second-order valence-corrected chi connectivity index (χ2v) is 5.20. The van der Waals surface area contributed by atoms with Gasteiger partial charge in [-0.2, -0.15) is 5.26 Å². The average molecular weight is 258 g/mol. The Morgan fingerprint density at radius 1 is 0.947 bits per heavy atom. The zero-order chi connectivity index (χ0) is 13.8. The molecular weight excluding hydrogens is 232 g/mol. The Bertz CT molecular complexity index is 379. The molecule has 0 spiro atoms. The second kappa shape index (κ2) is 10.6. The third-order valence-electron chi connectivity index (χ3n) is 3.46. The molecule has 104 valence electrons. The first-order valence-corrected chi connectivity index (χ1v) is 7.73. The number of hydrogen-bond donors (Lipinski definition) is 0. The molecule has 0 amide bonds. The van der Waals surface area contributed by atoms with Crippen LogP contribution in [0.3, 0.4) is 0 Å². The van der Waals surface area contributed by atoms with Crippen molar-refractivity contribution in [2.75, 3.05) is 0 Å². The molecule has 0 aromatic carbocycles. The molecule has 0 saturated heterocycles. The fraction of sp³-hybridized carbons (Fsp3) is 0.647. The van der Waals surface area contributed by atoms with Gasteiger partial charge in [-0.25, -0.2) is 4.98 Å². The molecule has 0 N–H and O–H groups in total. The maximum atomic E-state index is 8.78. The van der Waals surface area contributed by atoms with Gasteiger partial charge >= 0.3 is 0 Å².